The number of guanidine groups is 1. The Hall–Kier alpha value is -2.77. The number of nitrogens with zero attached hydrogens (tertiary/aromatic N) is 5. The fraction of sp³-hybridized carbons (Fsp3) is 0.609. The van der Waals surface area contributed by atoms with Crippen LogP contribution in [0, 0.1) is 6.92 Å². The predicted octanol–water partition coefficient (Wildman–Crippen LogP) is 2.97. The number of aryl methyl sites for hydroxylation is 3. The monoisotopic (exact) mass is 428 g/mol. The van der Waals surface area contributed by atoms with Crippen LogP contribution in [0.25, 0.3) is 0 Å². The van der Waals surface area contributed by atoms with Gasteiger partial charge in [-0.15, -0.1) is 10.2 Å². The molecule has 8 heteroatoms. The Morgan fingerprint density at radius 1 is 1.16 bits per heavy atom. The highest BCUT2D eigenvalue weighted by atomic mass is 16.5. The first kappa shape index (κ1) is 22.9. The summed E-state index contributed by atoms with van der Waals surface area (Å²) in [5, 5.41) is 12.3. The van der Waals surface area contributed by atoms with E-state index in [-0.39, 0.29) is 0 Å². The van der Waals surface area contributed by atoms with Gasteiger partial charge in [-0.1, -0.05) is 6.42 Å². The van der Waals surface area contributed by atoms with Crippen molar-refractivity contribution in [2.24, 2.45) is 4.99 Å². The molecule has 8 nitrogen and oxygen atoms in total. The molecule has 1 aliphatic rings. The Kier molecular flexibility index (Phi) is 8.14. The number of benzene rings is 1. The minimum absolute atomic E-state index is 0.726. The van der Waals surface area contributed by atoms with Crippen LogP contribution in [0.2, 0.25) is 0 Å². The summed E-state index contributed by atoms with van der Waals surface area (Å²) in [5.41, 5.74) is 2.33. The standard InChI is InChI=1S/C23H36N6O2/c1-17-14-19(30-4)20(31-5)15-18(17)16-28(3)23(24-2)25-12-9-11-22-27-26-21-10-7-6-8-13-29(21)22/h14-15H,6-13,16H2,1-5H3,(H,24,25). The van der Waals surface area contributed by atoms with Gasteiger partial charge in [0.1, 0.15) is 11.6 Å². The van der Waals surface area contributed by atoms with Crippen LogP contribution in [-0.4, -0.2) is 60.5 Å². The summed E-state index contributed by atoms with van der Waals surface area (Å²) in [6.45, 7) is 4.71. The van der Waals surface area contributed by atoms with Crippen molar-refractivity contribution in [1.29, 1.82) is 0 Å². The van der Waals surface area contributed by atoms with E-state index in [1.54, 1.807) is 14.2 Å². The van der Waals surface area contributed by atoms with E-state index in [0.717, 1.165) is 73.6 Å². The highest BCUT2D eigenvalue weighted by molar-refractivity contribution is 5.79. The van der Waals surface area contributed by atoms with Gasteiger partial charge in [-0.2, -0.15) is 0 Å². The molecule has 0 radical (unpaired) electrons. The number of hydrogen-bond acceptors (Lipinski definition) is 5. The molecule has 31 heavy (non-hydrogen) atoms. The molecule has 1 aromatic heterocycles. The second-order valence-electron chi connectivity index (χ2n) is 8.06. The van der Waals surface area contributed by atoms with Crippen molar-refractivity contribution in [3.8, 4) is 11.5 Å². The Morgan fingerprint density at radius 2 is 1.94 bits per heavy atom. The van der Waals surface area contributed by atoms with Gasteiger partial charge in [0.2, 0.25) is 0 Å². The molecule has 0 saturated heterocycles. The smallest absolute Gasteiger partial charge is 0.193 e. The van der Waals surface area contributed by atoms with E-state index in [1.165, 1.54) is 24.8 Å². The topological polar surface area (TPSA) is 76.8 Å². The average Bonchev–Trinajstić information content (AvgIpc) is 3.00. The molecule has 2 heterocycles. The van der Waals surface area contributed by atoms with Crippen molar-refractivity contribution in [3.05, 3.63) is 34.9 Å². The Morgan fingerprint density at radius 3 is 2.68 bits per heavy atom. The predicted molar refractivity (Wildman–Crippen MR) is 123 cm³/mol. The lowest BCUT2D eigenvalue weighted by molar-refractivity contribution is 0.353. The summed E-state index contributed by atoms with van der Waals surface area (Å²) in [4.78, 5) is 6.57. The lowest BCUT2D eigenvalue weighted by Crippen LogP contribution is -2.39. The van der Waals surface area contributed by atoms with Crippen molar-refractivity contribution in [2.75, 3.05) is 34.9 Å². The summed E-state index contributed by atoms with van der Waals surface area (Å²) >= 11 is 0. The highest BCUT2D eigenvalue weighted by Crippen LogP contribution is 2.30. The van der Waals surface area contributed by atoms with E-state index in [9.17, 15) is 0 Å². The van der Waals surface area contributed by atoms with Crippen molar-refractivity contribution >= 4 is 5.96 Å². The van der Waals surface area contributed by atoms with Gasteiger partial charge in [-0.05, 0) is 49.4 Å². The highest BCUT2D eigenvalue weighted by Gasteiger charge is 2.15. The second kappa shape index (κ2) is 11.0. The zero-order valence-electron chi connectivity index (χ0n) is 19.6. The van der Waals surface area contributed by atoms with Crippen molar-refractivity contribution in [3.63, 3.8) is 0 Å². The maximum atomic E-state index is 5.46. The van der Waals surface area contributed by atoms with Crippen LogP contribution in [0.15, 0.2) is 17.1 Å². The quantitative estimate of drug-likeness (QED) is 0.396. The zero-order chi connectivity index (χ0) is 22.2. The molecule has 0 spiro atoms. The molecule has 170 valence electrons. The van der Waals surface area contributed by atoms with Gasteiger partial charge in [-0.3, -0.25) is 4.99 Å². The van der Waals surface area contributed by atoms with E-state index < -0.39 is 0 Å². The summed E-state index contributed by atoms with van der Waals surface area (Å²) in [7, 11) is 7.18. The lowest BCUT2D eigenvalue weighted by atomic mass is 10.1. The third-order valence-corrected chi connectivity index (χ3v) is 5.87. The van der Waals surface area contributed by atoms with E-state index in [4.69, 9.17) is 9.47 Å². The number of nitrogens with one attached hydrogen (secondary N) is 1. The molecule has 0 amide bonds. The Labute approximate surface area is 185 Å². The molecule has 1 N–H and O–H groups in total. The largest absolute Gasteiger partial charge is 0.493 e. The number of fused-ring (bicyclic) bond motifs is 1. The number of hydrogen-bond donors (Lipinski definition) is 1. The molecule has 1 aliphatic heterocycles. The summed E-state index contributed by atoms with van der Waals surface area (Å²) in [6.07, 6.45) is 6.70. The van der Waals surface area contributed by atoms with Gasteiger partial charge in [-0.25, -0.2) is 0 Å². The third-order valence-electron chi connectivity index (χ3n) is 5.87. The van der Waals surface area contributed by atoms with Crippen LogP contribution in [-0.2, 0) is 25.9 Å². The van der Waals surface area contributed by atoms with Crippen molar-refractivity contribution in [1.82, 2.24) is 25.0 Å². The summed E-state index contributed by atoms with van der Waals surface area (Å²) in [6, 6.07) is 4.05. The van der Waals surface area contributed by atoms with Crippen LogP contribution in [0.3, 0.4) is 0 Å². The molecule has 0 fully saturated rings. The van der Waals surface area contributed by atoms with Gasteiger partial charge in [0.15, 0.2) is 17.5 Å². The lowest BCUT2D eigenvalue weighted by Gasteiger charge is -2.23. The molecule has 2 aromatic rings. The summed E-state index contributed by atoms with van der Waals surface area (Å²) in [5.74, 6) is 4.63. The molecule has 0 saturated carbocycles. The Bertz CT molecular complexity index is 892. The zero-order valence-corrected chi connectivity index (χ0v) is 19.6. The van der Waals surface area contributed by atoms with Gasteiger partial charge in [0, 0.05) is 46.6 Å². The average molecular weight is 429 g/mol. The molecule has 3 rings (SSSR count). The number of aromatic nitrogens is 3. The number of methoxy groups -OCH3 is 2. The second-order valence-corrected chi connectivity index (χ2v) is 8.06. The number of rotatable bonds is 8. The molecular formula is C23H36N6O2. The molecule has 0 bridgehead atoms. The third kappa shape index (κ3) is 5.68. The van der Waals surface area contributed by atoms with Crippen LogP contribution in [0.5, 0.6) is 11.5 Å². The maximum Gasteiger partial charge on any atom is 0.193 e. The van der Waals surface area contributed by atoms with Gasteiger partial charge in [0.05, 0.1) is 14.2 Å². The van der Waals surface area contributed by atoms with Crippen LogP contribution in [0.4, 0.5) is 0 Å². The molecule has 0 unspecified atom stereocenters. The number of ether oxygens (including phenoxy) is 2. The van der Waals surface area contributed by atoms with Gasteiger partial charge in [0.25, 0.3) is 0 Å². The normalized spacial score (nSPS) is 14.0. The van der Waals surface area contributed by atoms with Crippen molar-refractivity contribution < 1.29 is 9.47 Å². The number of aliphatic imine (C=N–C) groups is 1. The van der Waals surface area contributed by atoms with E-state index in [0.29, 0.717) is 0 Å². The first-order valence-corrected chi connectivity index (χ1v) is 11.1. The molecule has 1 aromatic carbocycles. The van der Waals surface area contributed by atoms with E-state index >= 15 is 0 Å². The van der Waals surface area contributed by atoms with Gasteiger partial charge < -0.3 is 24.3 Å². The van der Waals surface area contributed by atoms with E-state index in [2.05, 4.69) is 36.9 Å². The minimum atomic E-state index is 0.726. The minimum Gasteiger partial charge on any atom is -0.493 e. The fourth-order valence-electron chi connectivity index (χ4n) is 4.09. The first-order chi connectivity index (χ1) is 15.1. The van der Waals surface area contributed by atoms with Crippen LogP contribution < -0.4 is 14.8 Å². The molecule has 0 atom stereocenters. The summed E-state index contributed by atoms with van der Waals surface area (Å²) < 4.78 is 13.2. The van der Waals surface area contributed by atoms with Crippen molar-refractivity contribution in [2.45, 2.75) is 58.5 Å². The SMILES string of the molecule is CN=C(NCCCc1nnc2n1CCCCC2)N(C)Cc1cc(OC)c(OC)cc1C. The maximum absolute atomic E-state index is 5.46. The fourth-order valence-corrected chi connectivity index (χ4v) is 4.09. The molecular weight excluding hydrogens is 392 g/mol. The van der Waals surface area contributed by atoms with Crippen LogP contribution >= 0.6 is 0 Å². The van der Waals surface area contributed by atoms with Gasteiger partial charge >= 0.3 is 0 Å². The first-order valence-electron chi connectivity index (χ1n) is 11.1. The van der Waals surface area contributed by atoms with E-state index in [1.807, 2.05) is 26.2 Å². The Balaban J connectivity index is 1.53. The molecule has 0 aliphatic carbocycles. The van der Waals surface area contributed by atoms with Crippen LogP contribution in [0.1, 0.15) is 48.5 Å².